The van der Waals surface area contributed by atoms with E-state index < -0.39 is 0 Å². The highest BCUT2D eigenvalue weighted by Gasteiger charge is 2.26. The van der Waals surface area contributed by atoms with Crippen LogP contribution in [0.4, 0.5) is 5.95 Å². The van der Waals surface area contributed by atoms with Crippen LogP contribution in [0.1, 0.15) is 26.2 Å². The molecule has 1 saturated carbocycles. The fraction of sp³-hybridized carbons (Fsp3) is 0.750. The molecule has 0 radical (unpaired) electrons. The Hall–Kier alpha value is -0.700. The molecule has 1 aliphatic rings. The molecule has 0 amide bonds. The molecular formula is C12H20ClN3. The molecule has 1 aliphatic carbocycles. The number of imidazole rings is 1. The Morgan fingerprint density at radius 2 is 2.31 bits per heavy atom. The standard InChI is InChI=1S/C12H20ClN3/c1-2-16-7-6-14-12(16)15-9-11-5-3-4-10(11)8-13/h6-7,10-11H,2-5,8-9H2,1H3,(H,14,15). The fourth-order valence-electron chi connectivity index (χ4n) is 2.54. The SMILES string of the molecule is CCn1ccnc1NCC1CCCC1CCl. The normalized spacial score (nSPS) is 24.9. The van der Waals surface area contributed by atoms with Crippen molar-refractivity contribution in [2.24, 2.45) is 11.8 Å². The minimum absolute atomic E-state index is 0.694. The predicted molar refractivity (Wildman–Crippen MR) is 67.9 cm³/mol. The first-order valence-electron chi connectivity index (χ1n) is 6.16. The molecule has 90 valence electrons. The average molecular weight is 242 g/mol. The van der Waals surface area contributed by atoms with Gasteiger partial charge in [0.1, 0.15) is 0 Å². The molecule has 0 aliphatic heterocycles. The van der Waals surface area contributed by atoms with E-state index in [0.717, 1.165) is 30.8 Å². The first-order chi connectivity index (χ1) is 7.85. The van der Waals surface area contributed by atoms with Crippen molar-refractivity contribution in [1.29, 1.82) is 0 Å². The lowest BCUT2D eigenvalue weighted by Crippen LogP contribution is -2.20. The number of anilines is 1. The van der Waals surface area contributed by atoms with E-state index in [0.29, 0.717) is 5.92 Å². The third-order valence-corrected chi connectivity index (χ3v) is 3.99. The van der Waals surface area contributed by atoms with Gasteiger partial charge in [-0.05, 0) is 31.6 Å². The average Bonchev–Trinajstić information content (AvgIpc) is 2.94. The van der Waals surface area contributed by atoms with Crippen molar-refractivity contribution in [2.75, 3.05) is 17.7 Å². The van der Waals surface area contributed by atoms with Crippen molar-refractivity contribution in [1.82, 2.24) is 9.55 Å². The van der Waals surface area contributed by atoms with E-state index in [1.54, 1.807) is 0 Å². The predicted octanol–water partition coefficient (Wildman–Crippen LogP) is 2.97. The van der Waals surface area contributed by atoms with Gasteiger partial charge in [-0.3, -0.25) is 0 Å². The lowest BCUT2D eigenvalue weighted by Gasteiger charge is -2.18. The summed E-state index contributed by atoms with van der Waals surface area (Å²) in [6.07, 6.45) is 7.77. The lowest BCUT2D eigenvalue weighted by molar-refractivity contribution is 0.443. The molecule has 0 aromatic carbocycles. The Kier molecular flexibility index (Phi) is 4.10. The van der Waals surface area contributed by atoms with Crippen molar-refractivity contribution in [3.8, 4) is 0 Å². The summed E-state index contributed by atoms with van der Waals surface area (Å²) in [6, 6.07) is 0. The number of aryl methyl sites for hydroxylation is 1. The van der Waals surface area contributed by atoms with E-state index in [1.165, 1.54) is 19.3 Å². The van der Waals surface area contributed by atoms with Crippen LogP contribution in [0, 0.1) is 11.8 Å². The maximum absolute atomic E-state index is 5.97. The highest BCUT2D eigenvalue weighted by Crippen LogP contribution is 2.32. The number of alkyl halides is 1. The number of nitrogens with one attached hydrogen (secondary N) is 1. The molecule has 2 atom stereocenters. The topological polar surface area (TPSA) is 29.9 Å². The van der Waals surface area contributed by atoms with E-state index in [2.05, 4.69) is 21.8 Å². The zero-order chi connectivity index (χ0) is 11.4. The van der Waals surface area contributed by atoms with E-state index in [1.807, 2.05) is 12.4 Å². The molecule has 1 N–H and O–H groups in total. The van der Waals surface area contributed by atoms with E-state index >= 15 is 0 Å². The van der Waals surface area contributed by atoms with Crippen LogP contribution < -0.4 is 5.32 Å². The third kappa shape index (κ3) is 2.51. The number of nitrogens with zero attached hydrogens (tertiary/aromatic N) is 2. The highest BCUT2D eigenvalue weighted by molar-refractivity contribution is 6.18. The largest absolute Gasteiger partial charge is 0.355 e. The van der Waals surface area contributed by atoms with Crippen molar-refractivity contribution in [2.45, 2.75) is 32.7 Å². The monoisotopic (exact) mass is 241 g/mol. The number of rotatable bonds is 5. The van der Waals surface area contributed by atoms with Crippen molar-refractivity contribution in [3.05, 3.63) is 12.4 Å². The number of hydrogen-bond donors (Lipinski definition) is 1. The van der Waals surface area contributed by atoms with E-state index in [9.17, 15) is 0 Å². The molecule has 2 unspecified atom stereocenters. The van der Waals surface area contributed by atoms with E-state index in [-0.39, 0.29) is 0 Å². The van der Waals surface area contributed by atoms with Crippen LogP contribution in [0.5, 0.6) is 0 Å². The molecule has 1 heterocycles. The summed E-state index contributed by atoms with van der Waals surface area (Å²) in [5.41, 5.74) is 0. The molecular weight excluding hydrogens is 222 g/mol. The van der Waals surface area contributed by atoms with Crippen LogP contribution in [0.2, 0.25) is 0 Å². The van der Waals surface area contributed by atoms with Crippen LogP contribution in [0.15, 0.2) is 12.4 Å². The van der Waals surface area contributed by atoms with Crippen molar-refractivity contribution >= 4 is 17.5 Å². The first-order valence-corrected chi connectivity index (χ1v) is 6.69. The van der Waals surface area contributed by atoms with Gasteiger partial charge in [-0.15, -0.1) is 11.6 Å². The van der Waals surface area contributed by atoms with Crippen LogP contribution in [-0.2, 0) is 6.54 Å². The minimum atomic E-state index is 0.694. The van der Waals surface area contributed by atoms with Gasteiger partial charge in [-0.25, -0.2) is 4.98 Å². The Balaban J connectivity index is 1.87. The second-order valence-electron chi connectivity index (χ2n) is 4.52. The van der Waals surface area contributed by atoms with Gasteiger partial charge in [0.25, 0.3) is 0 Å². The summed E-state index contributed by atoms with van der Waals surface area (Å²) >= 11 is 5.97. The summed E-state index contributed by atoms with van der Waals surface area (Å²) in [6.45, 7) is 4.10. The maximum atomic E-state index is 5.97. The van der Waals surface area contributed by atoms with Gasteiger partial charge in [0.05, 0.1) is 0 Å². The molecule has 16 heavy (non-hydrogen) atoms. The number of hydrogen-bond acceptors (Lipinski definition) is 2. The molecule has 2 rings (SSSR count). The van der Waals surface area contributed by atoms with Crippen molar-refractivity contribution < 1.29 is 0 Å². The van der Waals surface area contributed by atoms with Gasteiger partial charge < -0.3 is 9.88 Å². The highest BCUT2D eigenvalue weighted by atomic mass is 35.5. The zero-order valence-electron chi connectivity index (χ0n) is 9.82. The smallest absolute Gasteiger partial charge is 0.202 e. The Bertz CT molecular complexity index is 324. The molecule has 4 heteroatoms. The van der Waals surface area contributed by atoms with Gasteiger partial charge in [-0.1, -0.05) is 6.42 Å². The van der Waals surface area contributed by atoms with Crippen molar-refractivity contribution in [3.63, 3.8) is 0 Å². The van der Waals surface area contributed by atoms with Gasteiger partial charge >= 0.3 is 0 Å². The molecule has 3 nitrogen and oxygen atoms in total. The zero-order valence-corrected chi connectivity index (χ0v) is 10.6. The Morgan fingerprint density at radius 1 is 1.50 bits per heavy atom. The second-order valence-corrected chi connectivity index (χ2v) is 4.83. The van der Waals surface area contributed by atoms with Gasteiger partial charge in [0.15, 0.2) is 0 Å². The summed E-state index contributed by atoms with van der Waals surface area (Å²) < 4.78 is 2.13. The molecule has 0 saturated heterocycles. The number of halogens is 1. The summed E-state index contributed by atoms with van der Waals surface area (Å²) in [7, 11) is 0. The summed E-state index contributed by atoms with van der Waals surface area (Å²) in [5, 5.41) is 3.44. The molecule has 1 aromatic heterocycles. The van der Waals surface area contributed by atoms with Crippen LogP contribution in [0.25, 0.3) is 0 Å². The Morgan fingerprint density at radius 3 is 3.06 bits per heavy atom. The quantitative estimate of drug-likeness (QED) is 0.804. The summed E-state index contributed by atoms with van der Waals surface area (Å²) in [4.78, 5) is 4.32. The third-order valence-electron chi connectivity index (χ3n) is 3.59. The molecule has 1 fully saturated rings. The fourth-order valence-corrected chi connectivity index (χ4v) is 2.95. The van der Waals surface area contributed by atoms with Gasteiger partial charge in [-0.2, -0.15) is 0 Å². The second kappa shape index (κ2) is 5.58. The minimum Gasteiger partial charge on any atom is -0.355 e. The van der Waals surface area contributed by atoms with Gasteiger partial charge in [0.2, 0.25) is 5.95 Å². The molecule has 1 aromatic rings. The van der Waals surface area contributed by atoms with Crippen LogP contribution in [0.3, 0.4) is 0 Å². The summed E-state index contributed by atoms with van der Waals surface area (Å²) in [5.74, 6) is 3.20. The maximum Gasteiger partial charge on any atom is 0.202 e. The molecule has 0 spiro atoms. The van der Waals surface area contributed by atoms with Crippen LogP contribution in [-0.4, -0.2) is 22.0 Å². The van der Waals surface area contributed by atoms with Crippen LogP contribution >= 0.6 is 11.6 Å². The van der Waals surface area contributed by atoms with Gasteiger partial charge in [0, 0.05) is 31.4 Å². The lowest BCUT2D eigenvalue weighted by atomic mass is 9.98. The first kappa shape index (κ1) is 11.8. The molecule has 0 bridgehead atoms. The Labute approximate surface area is 102 Å². The van der Waals surface area contributed by atoms with E-state index in [4.69, 9.17) is 11.6 Å². The number of aromatic nitrogens is 2.